The van der Waals surface area contributed by atoms with Gasteiger partial charge in [-0.3, -0.25) is 9.89 Å². The highest BCUT2D eigenvalue weighted by Gasteiger charge is 2.49. The van der Waals surface area contributed by atoms with Crippen LogP contribution in [-0.4, -0.2) is 32.6 Å². The van der Waals surface area contributed by atoms with Crippen molar-refractivity contribution in [2.75, 3.05) is 0 Å². The van der Waals surface area contributed by atoms with E-state index in [1.807, 2.05) is 43.3 Å². The lowest BCUT2D eigenvalue weighted by molar-refractivity contribution is -0.124. The van der Waals surface area contributed by atoms with E-state index in [1.165, 1.54) is 0 Å². The van der Waals surface area contributed by atoms with E-state index in [9.17, 15) is 13.6 Å². The molecule has 218 valence electrons. The predicted molar refractivity (Wildman–Crippen MR) is 162 cm³/mol. The minimum atomic E-state index is -2.74. The SMILES string of the molecule is Cc1cc(CC(=O)N[C@@H]2CC3(CCC(F)(F)CC3)Oc3nc(-c4ccc(Br)cc4Cl)c(-c4ccc(Cl)cc4)cc32)n[nH]1. The van der Waals surface area contributed by atoms with E-state index < -0.39 is 17.6 Å². The average Bonchev–Trinajstić information content (AvgIpc) is 3.34. The van der Waals surface area contributed by atoms with Crippen LogP contribution >= 0.6 is 39.1 Å². The first-order valence-corrected chi connectivity index (χ1v) is 15.2. The lowest BCUT2D eigenvalue weighted by atomic mass is 9.76. The van der Waals surface area contributed by atoms with Gasteiger partial charge >= 0.3 is 0 Å². The molecule has 0 radical (unpaired) electrons. The second kappa shape index (κ2) is 11.2. The summed E-state index contributed by atoms with van der Waals surface area (Å²) in [4.78, 5) is 18.2. The Kier molecular flexibility index (Phi) is 7.79. The number of aryl methyl sites for hydroxylation is 1. The van der Waals surface area contributed by atoms with E-state index in [2.05, 4.69) is 31.4 Å². The fourth-order valence-electron chi connectivity index (χ4n) is 5.79. The Labute approximate surface area is 260 Å². The first kappa shape index (κ1) is 29.1. The molecule has 0 saturated heterocycles. The third-order valence-electron chi connectivity index (χ3n) is 7.95. The number of nitrogens with one attached hydrogen (secondary N) is 2. The number of hydrogen-bond acceptors (Lipinski definition) is 4. The van der Waals surface area contributed by atoms with Gasteiger partial charge < -0.3 is 10.1 Å². The van der Waals surface area contributed by atoms with Crippen molar-refractivity contribution in [3.63, 3.8) is 0 Å². The molecule has 2 N–H and O–H groups in total. The molecule has 1 spiro atoms. The summed E-state index contributed by atoms with van der Waals surface area (Å²) in [5.74, 6) is -2.67. The molecule has 1 amide bonds. The summed E-state index contributed by atoms with van der Waals surface area (Å²) in [7, 11) is 0. The van der Waals surface area contributed by atoms with Crippen molar-refractivity contribution >= 4 is 45.0 Å². The number of halogens is 5. The van der Waals surface area contributed by atoms with Crippen molar-refractivity contribution in [1.29, 1.82) is 0 Å². The van der Waals surface area contributed by atoms with E-state index in [-0.39, 0.29) is 38.0 Å². The summed E-state index contributed by atoms with van der Waals surface area (Å²) in [6.07, 6.45) is 0.153. The molecule has 6 nitrogen and oxygen atoms in total. The van der Waals surface area contributed by atoms with Crippen LogP contribution in [0, 0.1) is 6.92 Å². The minimum absolute atomic E-state index is 0.0756. The van der Waals surface area contributed by atoms with Gasteiger partial charge in [0.2, 0.25) is 17.7 Å². The zero-order valence-corrected chi connectivity index (χ0v) is 25.7. The number of carbonyl (C=O) groups excluding carboxylic acids is 1. The number of carbonyl (C=O) groups is 1. The molecule has 1 fully saturated rings. The Bertz CT molecular complexity index is 1650. The Balaban J connectivity index is 1.46. The van der Waals surface area contributed by atoms with Crippen LogP contribution in [0.15, 0.2) is 59.1 Å². The molecule has 42 heavy (non-hydrogen) atoms. The number of ether oxygens (including phenoxy) is 1. The Morgan fingerprint density at radius 2 is 1.81 bits per heavy atom. The summed E-state index contributed by atoms with van der Waals surface area (Å²) < 4.78 is 35.8. The topological polar surface area (TPSA) is 79.9 Å². The highest BCUT2D eigenvalue weighted by molar-refractivity contribution is 9.10. The molecule has 3 heterocycles. The van der Waals surface area contributed by atoms with Crippen LogP contribution < -0.4 is 10.1 Å². The van der Waals surface area contributed by atoms with Gasteiger partial charge in [-0.05, 0) is 61.7 Å². The molecule has 2 aromatic carbocycles. The van der Waals surface area contributed by atoms with E-state index in [0.29, 0.717) is 44.9 Å². The van der Waals surface area contributed by atoms with E-state index in [4.69, 9.17) is 32.9 Å². The number of amides is 1. The number of nitrogens with zero attached hydrogens (tertiary/aromatic N) is 2. The molecular formula is C31H27BrCl2F2N4O2. The molecule has 4 aromatic rings. The molecular weight excluding hydrogens is 649 g/mol. The van der Waals surface area contributed by atoms with Gasteiger partial charge in [0.15, 0.2) is 0 Å². The second-order valence-electron chi connectivity index (χ2n) is 11.1. The number of hydrogen-bond donors (Lipinski definition) is 2. The van der Waals surface area contributed by atoms with E-state index >= 15 is 0 Å². The number of H-pyrrole nitrogens is 1. The number of pyridine rings is 1. The molecule has 0 bridgehead atoms. The van der Waals surface area contributed by atoms with E-state index in [1.54, 1.807) is 18.2 Å². The van der Waals surface area contributed by atoms with Gasteiger partial charge in [0.05, 0.1) is 28.9 Å². The largest absolute Gasteiger partial charge is 0.471 e. The molecule has 1 aliphatic carbocycles. The smallest absolute Gasteiger partial charge is 0.248 e. The fourth-order valence-corrected chi connectivity index (χ4v) is 6.68. The number of rotatable bonds is 5. The highest BCUT2D eigenvalue weighted by atomic mass is 79.9. The van der Waals surface area contributed by atoms with Gasteiger partial charge in [-0.15, -0.1) is 0 Å². The molecule has 2 aromatic heterocycles. The third kappa shape index (κ3) is 6.05. The van der Waals surface area contributed by atoms with Crippen LogP contribution in [0.25, 0.3) is 22.4 Å². The lowest BCUT2D eigenvalue weighted by Crippen LogP contribution is -2.49. The lowest BCUT2D eigenvalue weighted by Gasteiger charge is -2.45. The summed E-state index contributed by atoms with van der Waals surface area (Å²) in [5.41, 5.74) is 4.13. The van der Waals surface area contributed by atoms with Crippen LogP contribution in [0.2, 0.25) is 10.0 Å². The normalized spacial score (nSPS) is 18.8. The zero-order valence-electron chi connectivity index (χ0n) is 22.6. The summed E-state index contributed by atoms with van der Waals surface area (Å²) >= 11 is 16.4. The number of aromatic nitrogens is 3. The third-order valence-corrected chi connectivity index (χ3v) is 9.01. The Morgan fingerprint density at radius 3 is 2.48 bits per heavy atom. The van der Waals surface area contributed by atoms with Gasteiger partial charge in [-0.2, -0.15) is 5.10 Å². The van der Waals surface area contributed by atoms with Crippen LogP contribution in [-0.2, 0) is 11.2 Å². The van der Waals surface area contributed by atoms with Crippen molar-refractivity contribution in [2.45, 2.75) is 63.0 Å². The maximum absolute atomic E-state index is 14.2. The van der Waals surface area contributed by atoms with Gasteiger partial charge in [-0.1, -0.05) is 57.3 Å². The molecule has 2 aliphatic rings. The number of benzene rings is 2. The van der Waals surface area contributed by atoms with Gasteiger partial charge in [0.25, 0.3) is 0 Å². The number of aromatic amines is 1. The maximum Gasteiger partial charge on any atom is 0.248 e. The van der Waals surface area contributed by atoms with Crippen molar-refractivity contribution in [3.05, 3.63) is 86.1 Å². The number of fused-ring (bicyclic) bond motifs is 1. The number of alkyl halides is 2. The predicted octanol–water partition coefficient (Wildman–Crippen LogP) is 8.65. The molecule has 1 aliphatic heterocycles. The van der Waals surface area contributed by atoms with Crippen molar-refractivity contribution in [2.24, 2.45) is 0 Å². The fraction of sp³-hybridized carbons (Fsp3) is 0.323. The monoisotopic (exact) mass is 674 g/mol. The molecule has 1 atom stereocenters. The van der Waals surface area contributed by atoms with Crippen LogP contribution in [0.4, 0.5) is 8.78 Å². The first-order chi connectivity index (χ1) is 20.0. The molecule has 0 unspecified atom stereocenters. The molecule has 1 saturated carbocycles. The molecule has 11 heteroatoms. The van der Waals surface area contributed by atoms with Gasteiger partial charge in [0.1, 0.15) is 5.60 Å². The summed E-state index contributed by atoms with van der Waals surface area (Å²) in [6, 6.07) is 16.2. The Hall–Kier alpha value is -3.01. The van der Waals surface area contributed by atoms with Gasteiger partial charge in [-0.25, -0.2) is 13.8 Å². The second-order valence-corrected chi connectivity index (χ2v) is 12.9. The van der Waals surface area contributed by atoms with Crippen molar-refractivity contribution in [1.82, 2.24) is 20.5 Å². The summed E-state index contributed by atoms with van der Waals surface area (Å²) in [5, 5.41) is 11.2. The first-order valence-electron chi connectivity index (χ1n) is 13.6. The van der Waals surface area contributed by atoms with Crippen molar-refractivity contribution in [3.8, 4) is 28.3 Å². The zero-order chi connectivity index (χ0) is 29.6. The van der Waals surface area contributed by atoms with E-state index in [0.717, 1.165) is 21.3 Å². The maximum atomic E-state index is 14.2. The van der Waals surface area contributed by atoms with Crippen molar-refractivity contribution < 1.29 is 18.3 Å². The standard InChI is InChI=1S/C31H27BrCl2F2N4O2/c1-17-12-21(40-39-17)14-27(41)37-26-16-30(8-10-31(35,36)11-9-30)42-29-24(26)15-23(18-2-5-20(33)6-3-18)28(38-29)22-7-4-19(32)13-25(22)34/h2-7,12-13,15,26H,8-11,14,16H2,1H3,(H,37,41)(H,39,40)/t26-/m1/s1. The van der Waals surface area contributed by atoms with Crippen LogP contribution in [0.5, 0.6) is 5.88 Å². The Morgan fingerprint density at radius 1 is 1.07 bits per heavy atom. The molecule has 6 rings (SSSR count). The highest BCUT2D eigenvalue weighted by Crippen LogP contribution is 2.51. The average molecular weight is 676 g/mol. The van der Waals surface area contributed by atoms with Crippen LogP contribution in [0.3, 0.4) is 0 Å². The van der Waals surface area contributed by atoms with Gasteiger partial charge in [0, 0.05) is 51.1 Å². The summed E-state index contributed by atoms with van der Waals surface area (Å²) in [6.45, 7) is 1.87. The quantitative estimate of drug-likeness (QED) is 0.222. The van der Waals surface area contributed by atoms with Crippen LogP contribution in [0.1, 0.15) is 55.1 Å². The minimum Gasteiger partial charge on any atom is -0.471 e.